The van der Waals surface area contributed by atoms with E-state index in [0.29, 0.717) is 6.54 Å². The summed E-state index contributed by atoms with van der Waals surface area (Å²) in [6.45, 7) is 6.65. The minimum atomic E-state index is -0.120. The Morgan fingerprint density at radius 3 is 2.75 bits per heavy atom. The van der Waals surface area contributed by atoms with Crippen molar-refractivity contribution in [1.29, 1.82) is 0 Å². The molecule has 2 aliphatic heterocycles. The van der Waals surface area contributed by atoms with Gasteiger partial charge in [0.25, 0.3) is 0 Å². The fourth-order valence-electron chi connectivity index (χ4n) is 4.36. The van der Waals surface area contributed by atoms with E-state index in [9.17, 15) is 4.79 Å². The Morgan fingerprint density at radius 1 is 1.39 bits per heavy atom. The Kier molecular flexibility index (Phi) is 6.97. The number of hydrogen-bond acceptors (Lipinski definition) is 5. The monoisotopic (exact) mass is 392 g/mol. The van der Waals surface area contributed by atoms with Crippen LogP contribution < -0.4 is 5.32 Å². The summed E-state index contributed by atoms with van der Waals surface area (Å²) in [6, 6.07) is 0. The van der Waals surface area contributed by atoms with E-state index in [4.69, 9.17) is 14.2 Å². The van der Waals surface area contributed by atoms with Crippen molar-refractivity contribution >= 4 is 5.91 Å². The number of epoxide rings is 2. The third kappa shape index (κ3) is 5.23. The van der Waals surface area contributed by atoms with Crippen LogP contribution in [-0.2, 0) is 19.0 Å². The summed E-state index contributed by atoms with van der Waals surface area (Å²) >= 11 is 0. The van der Waals surface area contributed by atoms with Gasteiger partial charge in [-0.3, -0.25) is 4.79 Å². The fraction of sp³-hybridized carbons (Fsp3) is 0.773. The maximum absolute atomic E-state index is 12.4. The van der Waals surface area contributed by atoms with Crippen LogP contribution in [0.3, 0.4) is 0 Å². The smallest absolute Gasteiger partial charge is 0.244 e. The molecule has 0 radical (unpaired) electrons. The zero-order valence-corrected chi connectivity index (χ0v) is 18.0. The van der Waals surface area contributed by atoms with Gasteiger partial charge in [-0.1, -0.05) is 11.6 Å². The molecule has 3 unspecified atom stereocenters. The molecule has 0 aromatic rings. The molecule has 1 saturated carbocycles. The number of nitrogens with zero attached hydrogens (tertiary/aromatic N) is 1. The lowest BCUT2D eigenvalue weighted by Crippen LogP contribution is -2.45. The van der Waals surface area contributed by atoms with Crippen molar-refractivity contribution in [1.82, 2.24) is 10.2 Å². The summed E-state index contributed by atoms with van der Waals surface area (Å²) in [5.74, 6) is 0.134. The number of ether oxygens (including phenoxy) is 3. The van der Waals surface area contributed by atoms with E-state index in [2.05, 4.69) is 30.1 Å². The maximum atomic E-state index is 12.4. The zero-order chi connectivity index (χ0) is 20.3. The number of carbonyl (C=O) groups is 1. The highest BCUT2D eigenvalue weighted by molar-refractivity contribution is 5.88. The van der Waals surface area contributed by atoms with Gasteiger partial charge < -0.3 is 24.4 Å². The largest absolute Gasteiger partial charge is 0.377 e. The normalized spacial score (nSPS) is 35.3. The van der Waals surface area contributed by atoms with Gasteiger partial charge in [0.15, 0.2) is 0 Å². The maximum Gasteiger partial charge on any atom is 0.244 e. The molecule has 2 saturated heterocycles. The van der Waals surface area contributed by atoms with E-state index >= 15 is 0 Å². The molecule has 1 aliphatic carbocycles. The highest BCUT2D eigenvalue weighted by Crippen LogP contribution is 2.54. The third-order valence-corrected chi connectivity index (χ3v) is 6.04. The van der Waals surface area contributed by atoms with Gasteiger partial charge in [-0.25, -0.2) is 0 Å². The molecule has 28 heavy (non-hydrogen) atoms. The molecule has 1 N–H and O–H groups in total. The number of hydrogen-bond donors (Lipinski definition) is 1. The molecule has 6 heteroatoms. The first kappa shape index (κ1) is 21.5. The minimum Gasteiger partial charge on any atom is -0.377 e. The van der Waals surface area contributed by atoms with E-state index in [-0.39, 0.29) is 35.7 Å². The van der Waals surface area contributed by atoms with Crippen LogP contribution >= 0.6 is 0 Å². The molecule has 3 fully saturated rings. The van der Waals surface area contributed by atoms with Crippen LogP contribution in [0.25, 0.3) is 0 Å². The van der Waals surface area contributed by atoms with Gasteiger partial charge in [-0.15, -0.1) is 0 Å². The summed E-state index contributed by atoms with van der Waals surface area (Å²) < 4.78 is 17.8. The standard InChI is InChI=1S/C22H36N2O4/c1-15(2)7-8-17-21(28-17)19-20(26-5)16(9-10-22(19)14-27-22)13-18(25)23-11-6-12-24(3)4/h7,13,17,19-21H,6,8-12,14H2,1-5H3,(H,23,25)/b16-13-/t17?,19?,20-,21?,22+/m1/s1. The number of amides is 1. The summed E-state index contributed by atoms with van der Waals surface area (Å²) in [6.07, 6.45) is 7.89. The Bertz CT molecular complexity index is 620. The first-order valence-corrected chi connectivity index (χ1v) is 10.4. The van der Waals surface area contributed by atoms with Crippen molar-refractivity contribution in [2.45, 2.75) is 63.4 Å². The SMILES string of the molecule is CO[C@@H]1/C(=C\C(=O)NCCCN(C)C)CC[C@]2(CO2)C1C1OC1CC=C(C)C. The molecular formula is C22H36N2O4. The second-order valence-corrected chi connectivity index (χ2v) is 8.86. The number of methoxy groups -OCH3 is 1. The second-order valence-electron chi connectivity index (χ2n) is 8.86. The Morgan fingerprint density at radius 2 is 2.14 bits per heavy atom. The first-order chi connectivity index (χ1) is 13.4. The van der Waals surface area contributed by atoms with Crippen LogP contribution in [0.4, 0.5) is 0 Å². The zero-order valence-electron chi connectivity index (χ0n) is 18.0. The van der Waals surface area contributed by atoms with Crippen molar-refractivity contribution in [3.05, 3.63) is 23.3 Å². The lowest BCUT2D eigenvalue weighted by molar-refractivity contribution is -0.116. The van der Waals surface area contributed by atoms with E-state index in [1.54, 1.807) is 13.2 Å². The highest BCUT2D eigenvalue weighted by atomic mass is 16.6. The van der Waals surface area contributed by atoms with Crippen LogP contribution in [0.15, 0.2) is 23.3 Å². The molecule has 0 aromatic carbocycles. The van der Waals surface area contributed by atoms with Crippen LogP contribution in [-0.4, -0.2) is 75.6 Å². The van der Waals surface area contributed by atoms with E-state index < -0.39 is 0 Å². The Labute approximate surface area is 169 Å². The topological polar surface area (TPSA) is 66.6 Å². The van der Waals surface area contributed by atoms with Gasteiger partial charge in [0.05, 0.1) is 24.9 Å². The molecule has 2 heterocycles. The number of rotatable bonds is 9. The second kappa shape index (κ2) is 9.08. The van der Waals surface area contributed by atoms with E-state index in [1.807, 2.05) is 14.1 Å². The average Bonchev–Trinajstić information content (AvgIpc) is 3.55. The molecule has 158 valence electrons. The molecule has 0 bridgehead atoms. The van der Waals surface area contributed by atoms with Gasteiger partial charge in [-0.2, -0.15) is 0 Å². The molecule has 1 spiro atoms. The lowest BCUT2D eigenvalue weighted by Gasteiger charge is -2.37. The van der Waals surface area contributed by atoms with Gasteiger partial charge in [0.2, 0.25) is 5.91 Å². The summed E-state index contributed by atoms with van der Waals surface area (Å²) in [5, 5.41) is 3.00. The van der Waals surface area contributed by atoms with Gasteiger partial charge in [-0.05, 0) is 65.7 Å². The lowest BCUT2D eigenvalue weighted by atomic mass is 9.72. The number of allylic oxidation sites excluding steroid dienone is 1. The van der Waals surface area contributed by atoms with Crippen molar-refractivity contribution in [3.8, 4) is 0 Å². The Hall–Kier alpha value is -1.21. The van der Waals surface area contributed by atoms with Gasteiger partial charge in [0, 0.05) is 25.6 Å². The van der Waals surface area contributed by atoms with Crippen LogP contribution in [0.2, 0.25) is 0 Å². The Balaban J connectivity index is 1.62. The molecule has 1 amide bonds. The van der Waals surface area contributed by atoms with Crippen molar-refractivity contribution in [2.75, 3.05) is 40.9 Å². The number of nitrogens with one attached hydrogen (secondary N) is 1. The average molecular weight is 393 g/mol. The van der Waals surface area contributed by atoms with Crippen LogP contribution in [0.1, 0.15) is 39.5 Å². The quantitative estimate of drug-likeness (QED) is 0.282. The van der Waals surface area contributed by atoms with Gasteiger partial charge in [0.1, 0.15) is 5.60 Å². The molecule has 3 rings (SSSR count). The predicted octanol–water partition coefficient (Wildman–Crippen LogP) is 2.30. The van der Waals surface area contributed by atoms with Crippen molar-refractivity contribution < 1.29 is 19.0 Å². The van der Waals surface area contributed by atoms with E-state index in [1.165, 1.54) is 5.57 Å². The van der Waals surface area contributed by atoms with Gasteiger partial charge >= 0.3 is 0 Å². The molecule has 5 atom stereocenters. The molecular weight excluding hydrogens is 356 g/mol. The fourth-order valence-corrected chi connectivity index (χ4v) is 4.36. The van der Waals surface area contributed by atoms with Crippen molar-refractivity contribution in [2.24, 2.45) is 5.92 Å². The summed E-state index contributed by atoms with van der Waals surface area (Å²) in [5.41, 5.74) is 2.25. The summed E-state index contributed by atoms with van der Waals surface area (Å²) in [7, 11) is 5.81. The highest BCUT2D eigenvalue weighted by Gasteiger charge is 2.65. The van der Waals surface area contributed by atoms with E-state index in [0.717, 1.165) is 44.4 Å². The third-order valence-electron chi connectivity index (χ3n) is 6.04. The molecule has 3 aliphatic rings. The first-order valence-electron chi connectivity index (χ1n) is 10.4. The molecule has 6 nitrogen and oxygen atoms in total. The van der Waals surface area contributed by atoms with Crippen LogP contribution in [0, 0.1) is 5.92 Å². The minimum absolute atomic E-state index is 0.0278. The predicted molar refractivity (Wildman–Crippen MR) is 109 cm³/mol. The van der Waals surface area contributed by atoms with Crippen molar-refractivity contribution in [3.63, 3.8) is 0 Å². The molecule has 0 aromatic heterocycles. The van der Waals surface area contributed by atoms with Crippen LogP contribution in [0.5, 0.6) is 0 Å². The summed E-state index contributed by atoms with van der Waals surface area (Å²) in [4.78, 5) is 14.5. The number of carbonyl (C=O) groups excluding carboxylic acids is 1.